The molecule has 1 saturated heterocycles. The number of hydrogen-bond donors (Lipinski definition) is 1. The quantitative estimate of drug-likeness (QED) is 0.925. The first kappa shape index (κ1) is 16.0. The molecular weight excluding hydrogens is 309 g/mol. The zero-order chi connectivity index (χ0) is 16.6. The van der Waals surface area contributed by atoms with Gasteiger partial charge in [0.25, 0.3) is 0 Å². The third-order valence-corrected chi connectivity index (χ3v) is 4.15. The van der Waals surface area contributed by atoms with Crippen LogP contribution in [-0.4, -0.2) is 35.0 Å². The average Bonchev–Trinajstić information content (AvgIpc) is 3.30. The minimum Gasteiger partial charge on any atom is -0.354 e. The van der Waals surface area contributed by atoms with Gasteiger partial charge in [-0.3, -0.25) is 4.79 Å². The molecule has 1 unspecified atom stereocenters. The number of piperidine rings is 1. The highest BCUT2D eigenvalue weighted by Gasteiger charge is 2.35. The second kappa shape index (κ2) is 5.98. The molecule has 1 aromatic rings. The molecule has 2 aliphatic rings. The molecule has 0 bridgehead atoms. The Balaban J connectivity index is 1.72. The number of aryl methyl sites for hydroxylation is 1. The molecule has 1 aliphatic heterocycles. The molecule has 1 N–H and O–H groups in total. The summed E-state index contributed by atoms with van der Waals surface area (Å²) in [6, 6.07) is 0.944. The fourth-order valence-corrected chi connectivity index (χ4v) is 2.83. The number of anilines is 1. The number of amides is 1. The Morgan fingerprint density at radius 1 is 1.30 bits per heavy atom. The number of carbonyl (C=O) groups excluding carboxylic acids is 1. The normalized spacial score (nSPS) is 22.1. The standard InChI is InChI=1S/C15H19F3N4O/c1-9-19-12(15(16,17)18)7-13(20-9)22-6-2-3-11(8-22)21-14(23)10-4-5-10/h7,10-11H,2-6,8H2,1H3,(H,21,23). The number of halogens is 3. The maximum absolute atomic E-state index is 12.9. The molecule has 2 fully saturated rings. The van der Waals surface area contributed by atoms with Crippen molar-refractivity contribution in [3.8, 4) is 0 Å². The van der Waals surface area contributed by atoms with Crippen molar-refractivity contribution < 1.29 is 18.0 Å². The molecule has 1 aromatic heterocycles. The van der Waals surface area contributed by atoms with Gasteiger partial charge in [-0.25, -0.2) is 9.97 Å². The van der Waals surface area contributed by atoms with Crippen molar-refractivity contribution in [1.29, 1.82) is 0 Å². The van der Waals surface area contributed by atoms with E-state index < -0.39 is 11.9 Å². The Morgan fingerprint density at radius 2 is 2.04 bits per heavy atom. The van der Waals surface area contributed by atoms with Crippen LogP contribution < -0.4 is 10.2 Å². The molecule has 1 saturated carbocycles. The molecule has 1 amide bonds. The lowest BCUT2D eigenvalue weighted by Crippen LogP contribution is -2.48. The monoisotopic (exact) mass is 328 g/mol. The van der Waals surface area contributed by atoms with Crippen LogP contribution in [0.4, 0.5) is 19.0 Å². The second-order valence-electron chi connectivity index (χ2n) is 6.22. The van der Waals surface area contributed by atoms with E-state index in [0.717, 1.165) is 31.7 Å². The first-order chi connectivity index (χ1) is 10.8. The highest BCUT2D eigenvalue weighted by atomic mass is 19.4. The maximum Gasteiger partial charge on any atom is 0.433 e. The van der Waals surface area contributed by atoms with Crippen LogP contribution in [0.1, 0.15) is 37.2 Å². The van der Waals surface area contributed by atoms with Crippen molar-refractivity contribution in [2.24, 2.45) is 5.92 Å². The highest BCUT2D eigenvalue weighted by molar-refractivity contribution is 5.81. The van der Waals surface area contributed by atoms with Crippen LogP contribution in [0.15, 0.2) is 6.07 Å². The van der Waals surface area contributed by atoms with E-state index in [0.29, 0.717) is 13.1 Å². The van der Waals surface area contributed by atoms with Crippen LogP contribution in [0.2, 0.25) is 0 Å². The summed E-state index contributed by atoms with van der Waals surface area (Å²) in [5.74, 6) is 0.560. The molecule has 1 atom stereocenters. The number of alkyl halides is 3. The summed E-state index contributed by atoms with van der Waals surface area (Å²) in [4.78, 5) is 21.2. The van der Waals surface area contributed by atoms with Crippen molar-refractivity contribution >= 4 is 11.7 Å². The van der Waals surface area contributed by atoms with E-state index in [1.165, 1.54) is 6.92 Å². The van der Waals surface area contributed by atoms with Gasteiger partial charge in [-0.15, -0.1) is 0 Å². The van der Waals surface area contributed by atoms with Crippen LogP contribution in [0.5, 0.6) is 0 Å². The Kier molecular flexibility index (Phi) is 4.16. The molecule has 0 spiro atoms. The summed E-state index contributed by atoms with van der Waals surface area (Å²) >= 11 is 0. The first-order valence-electron chi connectivity index (χ1n) is 7.81. The van der Waals surface area contributed by atoms with Crippen LogP contribution in [0, 0.1) is 12.8 Å². The molecule has 126 valence electrons. The van der Waals surface area contributed by atoms with Crippen LogP contribution in [-0.2, 0) is 11.0 Å². The minimum atomic E-state index is -4.49. The van der Waals surface area contributed by atoms with E-state index in [-0.39, 0.29) is 29.5 Å². The molecule has 3 rings (SSSR count). The molecule has 23 heavy (non-hydrogen) atoms. The Morgan fingerprint density at radius 3 is 2.70 bits per heavy atom. The molecule has 0 radical (unpaired) electrons. The Labute approximate surface area is 132 Å². The van der Waals surface area contributed by atoms with E-state index in [1.54, 1.807) is 4.90 Å². The minimum absolute atomic E-state index is 0.0403. The zero-order valence-corrected chi connectivity index (χ0v) is 12.9. The van der Waals surface area contributed by atoms with Gasteiger partial charge in [-0.2, -0.15) is 13.2 Å². The second-order valence-corrected chi connectivity index (χ2v) is 6.22. The number of carbonyl (C=O) groups is 1. The van der Waals surface area contributed by atoms with Gasteiger partial charge >= 0.3 is 6.18 Å². The summed E-state index contributed by atoms with van der Waals surface area (Å²) in [5, 5.41) is 2.99. The van der Waals surface area contributed by atoms with Crippen molar-refractivity contribution in [2.45, 2.75) is 44.8 Å². The van der Waals surface area contributed by atoms with Crippen molar-refractivity contribution in [2.75, 3.05) is 18.0 Å². The van der Waals surface area contributed by atoms with Crippen LogP contribution in [0.3, 0.4) is 0 Å². The topological polar surface area (TPSA) is 58.1 Å². The van der Waals surface area contributed by atoms with E-state index in [4.69, 9.17) is 0 Å². The fraction of sp³-hybridized carbons (Fsp3) is 0.667. The third-order valence-electron chi connectivity index (χ3n) is 4.15. The predicted octanol–water partition coefficient (Wildman–Crippen LogP) is 2.30. The van der Waals surface area contributed by atoms with E-state index in [9.17, 15) is 18.0 Å². The van der Waals surface area contributed by atoms with Gasteiger partial charge in [0, 0.05) is 31.1 Å². The summed E-state index contributed by atoms with van der Waals surface area (Å²) in [7, 11) is 0. The lowest BCUT2D eigenvalue weighted by molar-refractivity contribution is -0.141. The van der Waals surface area contributed by atoms with Gasteiger partial charge in [-0.05, 0) is 32.6 Å². The van der Waals surface area contributed by atoms with Crippen LogP contribution >= 0.6 is 0 Å². The lowest BCUT2D eigenvalue weighted by Gasteiger charge is -2.34. The van der Waals surface area contributed by atoms with Gasteiger partial charge in [-0.1, -0.05) is 0 Å². The highest BCUT2D eigenvalue weighted by Crippen LogP contribution is 2.31. The third kappa shape index (κ3) is 3.92. The zero-order valence-electron chi connectivity index (χ0n) is 12.9. The van der Waals surface area contributed by atoms with Crippen LogP contribution in [0.25, 0.3) is 0 Å². The van der Waals surface area contributed by atoms with Gasteiger partial charge in [0.1, 0.15) is 17.3 Å². The summed E-state index contributed by atoms with van der Waals surface area (Å²) < 4.78 is 38.7. The van der Waals surface area contributed by atoms with Crippen molar-refractivity contribution in [3.63, 3.8) is 0 Å². The van der Waals surface area contributed by atoms with Gasteiger partial charge in [0.15, 0.2) is 0 Å². The molecule has 2 heterocycles. The summed E-state index contributed by atoms with van der Waals surface area (Å²) in [6.07, 6.45) is -0.979. The average molecular weight is 328 g/mol. The number of hydrogen-bond acceptors (Lipinski definition) is 4. The lowest BCUT2D eigenvalue weighted by atomic mass is 10.1. The van der Waals surface area contributed by atoms with Gasteiger partial charge < -0.3 is 10.2 Å². The predicted molar refractivity (Wildman–Crippen MR) is 77.9 cm³/mol. The summed E-state index contributed by atoms with van der Waals surface area (Å²) in [6.45, 7) is 2.56. The number of rotatable bonds is 3. The van der Waals surface area contributed by atoms with Gasteiger partial charge in [0.2, 0.25) is 5.91 Å². The first-order valence-corrected chi connectivity index (χ1v) is 7.81. The number of nitrogens with one attached hydrogen (secondary N) is 1. The van der Waals surface area contributed by atoms with Gasteiger partial charge in [0.05, 0.1) is 0 Å². The molecule has 8 heteroatoms. The fourth-order valence-electron chi connectivity index (χ4n) is 2.83. The van der Waals surface area contributed by atoms with E-state index in [2.05, 4.69) is 15.3 Å². The SMILES string of the molecule is Cc1nc(N2CCCC(NC(=O)C3CC3)C2)cc(C(F)(F)F)n1. The van der Waals surface area contributed by atoms with Crippen molar-refractivity contribution in [1.82, 2.24) is 15.3 Å². The van der Waals surface area contributed by atoms with Crippen molar-refractivity contribution in [3.05, 3.63) is 17.6 Å². The maximum atomic E-state index is 12.9. The number of nitrogens with zero attached hydrogens (tertiary/aromatic N) is 3. The summed E-state index contributed by atoms with van der Waals surface area (Å²) in [5.41, 5.74) is -0.927. The smallest absolute Gasteiger partial charge is 0.354 e. The van der Waals surface area contributed by atoms with E-state index >= 15 is 0 Å². The molecular formula is C15H19F3N4O. The molecule has 0 aromatic carbocycles. The molecule has 5 nitrogen and oxygen atoms in total. The Bertz CT molecular complexity index is 601. The molecule has 1 aliphatic carbocycles. The largest absolute Gasteiger partial charge is 0.433 e. The van der Waals surface area contributed by atoms with E-state index in [1.807, 2.05) is 0 Å². The Hall–Kier alpha value is -1.86. The number of aromatic nitrogens is 2.